The molecule has 6 nitrogen and oxygen atoms in total. The first-order chi connectivity index (χ1) is 19.4. The Morgan fingerprint density at radius 1 is 0.675 bits per heavy atom. The summed E-state index contributed by atoms with van der Waals surface area (Å²) >= 11 is 6.83. The van der Waals surface area contributed by atoms with Gasteiger partial charge in [-0.1, -0.05) is 56.1 Å². The fourth-order valence-electron chi connectivity index (χ4n) is 6.25. The maximum atomic E-state index is 12.0. The molecule has 6 heterocycles. The number of nitrogens with one attached hydrogen (secondary N) is 2. The smallest absolute Gasteiger partial charge is 0.244 e. The van der Waals surface area contributed by atoms with E-state index < -0.39 is 0 Å². The van der Waals surface area contributed by atoms with Crippen LogP contribution in [0.15, 0.2) is 69.6 Å². The fraction of sp³-hybridized carbons (Fsp3) is 0.438. The topological polar surface area (TPSA) is 64.7 Å². The van der Waals surface area contributed by atoms with Crippen LogP contribution in [0.1, 0.15) is 36.8 Å². The van der Waals surface area contributed by atoms with Gasteiger partial charge in [-0.2, -0.15) is 0 Å². The van der Waals surface area contributed by atoms with Crippen molar-refractivity contribution in [3.63, 3.8) is 0 Å². The van der Waals surface area contributed by atoms with Crippen molar-refractivity contribution in [3.05, 3.63) is 80.8 Å². The molecule has 6 fully saturated rings. The fourth-order valence-corrected chi connectivity index (χ4v) is 6.93. The molecule has 6 aliphatic rings. The van der Waals surface area contributed by atoms with Crippen molar-refractivity contribution in [1.82, 2.24) is 20.4 Å². The Morgan fingerprint density at radius 2 is 1.18 bits per heavy atom. The number of amides is 2. The third-order valence-electron chi connectivity index (χ3n) is 8.54. The van der Waals surface area contributed by atoms with E-state index in [2.05, 4.69) is 52.3 Å². The normalized spacial score (nSPS) is 28.8. The Labute approximate surface area is 254 Å². The molecule has 2 amide bonds. The average molecular weight is 670 g/mol. The standard InChI is InChI=1S/2C16H19BrN2O/c17-14-4-1-12(2-5-14)3-6-16(20)18-15-11-19-9-7-13(15)8-10-19;17-14-3-1-2-12(10-14)4-5-16(20)18-15-11-19-8-6-13(15)7-9-19/h1-6,13,15H,7-11H2,(H,18,20);1-5,10,13,15H,6-9,11H2,(H,18,20). The lowest BCUT2D eigenvalue weighted by molar-refractivity contribution is -0.119. The largest absolute Gasteiger partial charge is 0.348 e. The highest BCUT2D eigenvalue weighted by molar-refractivity contribution is 9.10. The van der Waals surface area contributed by atoms with E-state index in [1.807, 2.05) is 60.7 Å². The molecular formula is C32H38Br2N4O2. The Balaban J connectivity index is 0.000000161. The van der Waals surface area contributed by atoms with Gasteiger partial charge < -0.3 is 20.4 Å². The van der Waals surface area contributed by atoms with Gasteiger partial charge in [0, 0.05) is 46.3 Å². The number of benzene rings is 2. The molecule has 8 heteroatoms. The van der Waals surface area contributed by atoms with Crippen molar-refractivity contribution < 1.29 is 9.59 Å². The minimum atomic E-state index is 0.0173. The van der Waals surface area contributed by atoms with Crippen LogP contribution in [0.5, 0.6) is 0 Å². The molecule has 40 heavy (non-hydrogen) atoms. The predicted molar refractivity (Wildman–Crippen MR) is 169 cm³/mol. The third-order valence-corrected chi connectivity index (χ3v) is 9.56. The highest BCUT2D eigenvalue weighted by atomic mass is 79.9. The number of carbonyl (C=O) groups is 2. The lowest BCUT2D eigenvalue weighted by Gasteiger charge is -2.44. The van der Waals surface area contributed by atoms with Gasteiger partial charge in [0.05, 0.1) is 0 Å². The zero-order valence-electron chi connectivity index (χ0n) is 22.8. The zero-order chi connectivity index (χ0) is 27.9. The van der Waals surface area contributed by atoms with Crippen LogP contribution in [0.4, 0.5) is 0 Å². The Hall–Kier alpha value is -2.26. The lowest BCUT2D eigenvalue weighted by atomic mass is 9.84. The Morgan fingerprint density at radius 3 is 1.62 bits per heavy atom. The number of nitrogens with zero attached hydrogens (tertiary/aromatic N) is 2. The Kier molecular flexibility index (Phi) is 10.3. The van der Waals surface area contributed by atoms with Gasteiger partial charge in [-0.3, -0.25) is 9.59 Å². The van der Waals surface area contributed by atoms with Gasteiger partial charge in [0.1, 0.15) is 0 Å². The summed E-state index contributed by atoms with van der Waals surface area (Å²) < 4.78 is 2.07. The van der Waals surface area contributed by atoms with Crippen molar-refractivity contribution in [2.24, 2.45) is 11.8 Å². The number of fused-ring (bicyclic) bond motifs is 6. The average Bonchev–Trinajstić information content (AvgIpc) is 2.97. The number of rotatable bonds is 6. The van der Waals surface area contributed by atoms with Crippen LogP contribution in [-0.2, 0) is 9.59 Å². The second-order valence-electron chi connectivity index (χ2n) is 11.3. The molecule has 0 radical (unpaired) electrons. The third kappa shape index (κ3) is 8.38. The number of piperidine rings is 6. The first-order valence-corrected chi connectivity index (χ1v) is 15.9. The summed E-state index contributed by atoms with van der Waals surface area (Å²) in [6.07, 6.45) is 11.9. The molecule has 2 atom stereocenters. The van der Waals surface area contributed by atoms with E-state index >= 15 is 0 Å². The van der Waals surface area contributed by atoms with E-state index in [9.17, 15) is 9.59 Å². The maximum absolute atomic E-state index is 12.0. The highest BCUT2D eigenvalue weighted by Gasteiger charge is 2.35. The molecule has 212 valence electrons. The molecule has 6 saturated heterocycles. The summed E-state index contributed by atoms with van der Waals surface area (Å²) in [7, 11) is 0. The summed E-state index contributed by atoms with van der Waals surface area (Å²) in [6.45, 7) is 6.83. The van der Waals surface area contributed by atoms with Crippen LogP contribution in [-0.4, -0.2) is 73.0 Å². The van der Waals surface area contributed by atoms with Crippen molar-refractivity contribution in [2.75, 3.05) is 39.3 Å². The molecule has 4 bridgehead atoms. The molecule has 2 unspecified atom stereocenters. The van der Waals surface area contributed by atoms with Gasteiger partial charge in [-0.25, -0.2) is 0 Å². The summed E-state index contributed by atoms with van der Waals surface area (Å²) in [4.78, 5) is 28.9. The number of carbonyl (C=O) groups excluding carboxylic acids is 2. The van der Waals surface area contributed by atoms with Gasteiger partial charge in [-0.15, -0.1) is 0 Å². The van der Waals surface area contributed by atoms with Gasteiger partial charge in [0.2, 0.25) is 11.8 Å². The minimum Gasteiger partial charge on any atom is -0.348 e. The molecule has 2 aromatic rings. The van der Waals surface area contributed by atoms with Crippen LogP contribution in [0, 0.1) is 11.8 Å². The molecule has 2 aromatic carbocycles. The second-order valence-corrected chi connectivity index (χ2v) is 13.1. The van der Waals surface area contributed by atoms with Crippen molar-refractivity contribution >= 4 is 55.8 Å². The van der Waals surface area contributed by atoms with Crippen LogP contribution >= 0.6 is 31.9 Å². The van der Waals surface area contributed by atoms with Crippen LogP contribution in [0.25, 0.3) is 12.2 Å². The SMILES string of the molecule is O=C(C=Cc1ccc(Br)cc1)NC1CN2CCC1CC2.O=C(C=Cc1cccc(Br)c1)NC1CN2CCC1CC2. The zero-order valence-corrected chi connectivity index (χ0v) is 25.9. The van der Waals surface area contributed by atoms with Crippen molar-refractivity contribution in [3.8, 4) is 0 Å². The molecule has 0 saturated carbocycles. The predicted octanol–water partition coefficient (Wildman–Crippen LogP) is 5.35. The van der Waals surface area contributed by atoms with Gasteiger partial charge in [0.15, 0.2) is 0 Å². The molecule has 0 aromatic heterocycles. The minimum absolute atomic E-state index is 0.0173. The van der Waals surface area contributed by atoms with Gasteiger partial charge >= 0.3 is 0 Å². The highest BCUT2D eigenvalue weighted by Crippen LogP contribution is 2.28. The van der Waals surface area contributed by atoms with E-state index in [0.29, 0.717) is 23.9 Å². The van der Waals surface area contributed by atoms with E-state index in [4.69, 9.17) is 0 Å². The number of hydrogen-bond donors (Lipinski definition) is 2. The summed E-state index contributed by atoms with van der Waals surface area (Å²) in [5.41, 5.74) is 2.07. The van der Waals surface area contributed by atoms with Crippen LogP contribution < -0.4 is 10.6 Å². The van der Waals surface area contributed by atoms with Crippen LogP contribution in [0.2, 0.25) is 0 Å². The molecule has 0 aliphatic carbocycles. The van der Waals surface area contributed by atoms with E-state index in [0.717, 1.165) is 33.2 Å². The van der Waals surface area contributed by atoms with Crippen LogP contribution in [0.3, 0.4) is 0 Å². The molecule has 0 spiro atoms. The molecular weight excluding hydrogens is 632 g/mol. The quantitative estimate of drug-likeness (QED) is 0.408. The first-order valence-electron chi connectivity index (χ1n) is 14.3. The summed E-state index contributed by atoms with van der Waals surface area (Å²) in [5, 5.41) is 6.31. The Bertz CT molecular complexity index is 1220. The number of hydrogen-bond acceptors (Lipinski definition) is 4. The van der Waals surface area contributed by atoms with E-state index in [1.165, 1.54) is 51.9 Å². The summed E-state index contributed by atoms with van der Waals surface area (Å²) in [5.74, 6) is 1.38. The molecule has 6 aliphatic heterocycles. The maximum Gasteiger partial charge on any atom is 0.244 e. The van der Waals surface area contributed by atoms with E-state index in [1.54, 1.807) is 12.2 Å². The van der Waals surface area contributed by atoms with Gasteiger partial charge in [-0.05, 0) is 111 Å². The van der Waals surface area contributed by atoms with Crippen molar-refractivity contribution in [2.45, 2.75) is 37.8 Å². The first kappa shape index (κ1) is 29.2. The van der Waals surface area contributed by atoms with Gasteiger partial charge in [0.25, 0.3) is 0 Å². The van der Waals surface area contributed by atoms with Crippen molar-refractivity contribution in [1.29, 1.82) is 0 Å². The monoisotopic (exact) mass is 668 g/mol. The van der Waals surface area contributed by atoms with E-state index in [-0.39, 0.29) is 11.8 Å². The second kappa shape index (κ2) is 14.1. The lowest BCUT2D eigenvalue weighted by Crippen LogP contribution is -2.57. The molecule has 2 N–H and O–H groups in total. The molecule has 8 rings (SSSR count). The summed E-state index contributed by atoms with van der Waals surface area (Å²) in [6, 6.07) is 16.5. The number of halogens is 2.